The summed E-state index contributed by atoms with van der Waals surface area (Å²) < 4.78 is 0. The fourth-order valence-electron chi connectivity index (χ4n) is 2.68. The van der Waals surface area contributed by atoms with Crippen LogP contribution in [0, 0.1) is 0 Å². The quantitative estimate of drug-likeness (QED) is 0.757. The predicted molar refractivity (Wildman–Crippen MR) is 80.0 cm³/mol. The summed E-state index contributed by atoms with van der Waals surface area (Å²) in [6.07, 6.45) is 3.53. The second kappa shape index (κ2) is 6.72. The Kier molecular flexibility index (Phi) is 4.96. The van der Waals surface area contributed by atoms with E-state index in [-0.39, 0.29) is 11.8 Å². The van der Waals surface area contributed by atoms with Crippen LogP contribution in [0.15, 0.2) is 24.3 Å². The van der Waals surface area contributed by atoms with Crippen LogP contribution in [-0.2, 0) is 11.2 Å². The van der Waals surface area contributed by atoms with Gasteiger partial charge in [-0.05, 0) is 49.8 Å². The molecule has 0 aromatic heterocycles. The summed E-state index contributed by atoms with van der Waals surface area (Å²) >= 11 is 0. The van der Waals surface area contributed by atoms with Crippen LogP contribution in [0.2, 0.25) is 0 Å². The summed E-state index contributed by atoms with van der Waals surface area (Å²) in [4.78, 5) is 23.5. The van der Waals surface area contributed by atoms with E-state index in [2.05, 4.69) is 10.6 Å². The molecule has 0 aliphatic heterocycles. The molecule has 1 fully saturated rings. The van der Waals surface area contributed by atoms with Gasteiger partial charge in [-0.2, -0.15) is 0 Å². The van der Waals surface area contributed by atoms with E-state index in [1.807, 2.05) is 18.2 Å². The highest BCUT2D eigenvalue weighted by molar-refractivity contribution is 5.94. The molecule has 2 amide bonds. The average molecular weight is 290 g/mol. The molecule has 1 saturated carbocycles. The van der Waals surface area contributed by atoms with Crippen molar-refractivity contribution in [2.24, 2.45) is 0 Å². The molecule has 1 aromatic carbocycles. The van der Waals surface area contributed by atoms with Gasteiger partial charge in [0.15, 0.2) is 0 Å². The number of hydrogen-bond acceptors (Lipinski definition) is 3. The second-order valence-electron chi connectivity index (χ2n) is 5.52. The van der Waals surface area contributed by atoms with Crippen molar-refractivity contribution >= 4 is 11.8 Å². The van der Waals surface area contributed by atoms with E-state index >= 15 is 0 Å². The van der Waals surface area contributed by atoms with Crippen LogP contribution in [0.5, 0.6) is 0 Å². The molecule has 0 bridgehead atoms. The van der Waals surface area contributed by atoms with Gasteiger partial charge in [0.1, 0.15) is 5.60 Å². The zero-order chi connectivity index (χ0) is 15.3. The van der Waals surface area contributed by atoms with Crippen molar-refractivity contribution in [3.8, 4) is 0 Å². The average Bonchev–Trinajstić information content (AvgIpc) is 2.95. The molecule has 114 valence electrons. The van der Waals surface area contributed by atoms with Crippen LogP contribution in [0.25, 0.3) is 0 Å². The standard InChI is InChI=1S/C16H22N2O3/c1-17-14(19)13-6-4-5-12(11-13)7-10-18-15(20)16(21)8-2-3-9-16/h4-6,11,21H,2-3,7-10H2,1H3,(H,17,19)(H,18,20). The van der Waals surface area contributed by atoms with Crippen LogP contribution < -0.4 is 10.6 Å². The van der Waals surface area contributed by atoms with Gasteiger partial charge in [-0.3, -0.25) is 9.59 Å². The van der Waals surface area contributed by atoms with Crippen LogP contribution in [0.4, 0.5) is 0 Å². The summed E-state index contributed by atoms with van der Waals surface area (Å²) in [6.45, 7) is 0.457. The van der Waals surface area contributed by atoms with Gasteiger partial charge in [0.05, 0.1) is 0 Å². The number of amides is 2. The summed E-state index contributed by atoms with van der Waals surface area (Å²) in [5, 5.41) is 15.5. The number of nitrogens with one attached hydrogen (secondary N) is 2. The Morgan fingerprint density at radius 2 is 2.00 bits per heavy atom. The monoisotopic (exact) mass is 290 g/mol. The van der Waals surface area contributed by atoms with E-state index in [1.165, 1.54) is 0 Å². The van der Waals surface area contributed by atoms with Gasteiger partial charge in [-0.1, -0.05) is 12.1 Å². The Hall–Kier alpha value is -1.88. The van der Waals surface area contributed by atoms with Gasteiger partial charge >= 0.3 is 0 Å². The van der Waals surface area contributed by atoms with Crippen molar-refractivity contribution in [1.29, 1.82) is 0 Å². The maximum Gasteiger partial charge on any atom is 0.251 e. The number of hydrogen-bond donors (Lipinski definition) is 3. The normalized spacial score (nSPS) is 16.5. The first-order valence-electron chi connectivity index (χ1n) is 7.37. The highest BCUT2D eigenvalue weighted by Crippen LogP contribution is 2.29. The SMILES string of the molecule is CNC(=O)c1cccc(CCNC(=O)C2(O)CCCC2)c1. The van der Waals surface area contributed by atoms with Crippen molar-refractivity contribution in [1.82, 2.24) is 10.6 Å². The third-order valence-corrected chi connectivity index (χ3v) is 3.97. The molecule has 0 atom stereocenters. The lowest BCUT2D eigenvalue weighted by molar-refractivity contribution is -0.139. The number of carbonyl (C=O) groups is 2. The minimum Gasteiger partial charge on any atom is -0.380 e. The lowest BCUT2D eigenvalue weighted by Crippen LogP contribution is -2.45. The highest BCUT2D eigenvalue weighted by atomic mass is 16.3. The van der Waals surface area contributed by atoms with E-state index in [4.69, 9.17) is 0 Å². The second-order valence-corrected chi connectivity index (χ2v) is 5.52. The fourth-order valence-corrected chi connectivity index (χ4v) is 2.68. The van der Waals surface area contributed by atoms with Gasteiger partial charge in [0.25, 0.3) is 11.8 Å². The van der Waals surface area contributed by atoms with Gasteiger partial charge in [-0.15, -0.1) is 0 Å². The number of benzene rings is 1. The molecular formula is C16H22N2O3. The van der Waals surface area contributed by atoms with Crippen molar-refractivity contribution in [3.05, 3.63) is 35.4 Å². The zero-order valence-electron chi connectivity index (χ0n) is 12.3. The van der Waals surface area contributed by atoms with Gasteiger partial charge in [0, 0.05) is 19.2 Å². The molecule has 0 heterocycles. The minimum absolute atomic E-state index is 0.124. The topological polar surface area (TPSA) is 78.4 Å². The molecule has 1 aliphatic rings. The van der Waals surface area contributed by atoms with Gasteiger partial charge in [0.2, 0.25) is 0 Å². The molecule has 1 aromatic rings. The van der Waals surface area contributed by atoms with Crippen LogP contribution >= 0.6 is 0 Å². The van der Waals surface area contributed by atoms with Crippen molar-refractivity contribution in [2.75, 3.05) is 13.6 Å². The number of rotatable bonds is 5. The Bertz CT molecular complexity index is 522. The largest absolute Gasteiger partial charge is 0.380 e. The summed E-state index contributed by atoms with van der Waals surface area (Å²) in [5.74, 6) is -0.399. The Morgan fingerprint density at radius 3 is 2.67 bits per heavy atom. The fraction of sp³-hybridized carbons (Fsp3) is 0.500. The smallest absolute Gasteiger partial charge is 0.251 e. The van der Waals surface area contributed by atoms with Gasteiger partial charge < -0.3 is 15.7 Å². The molecule has 3 N–H and O–H groups in total. The van der Waals surface area contributed by atoms with Crippen LogP contribution in [0.1, 0.15) is 41.6 Å². The first kappa shape index (κ1) is 15.5. The summed E-state index contributed by atoms with van der Waals surface area (Å²) in [7, 11) is 1.59. The van der Waals surface area contributed by atoms with Crippen molar-refractivity contribution in [2.45, 2.75) is 37.7 Å². The molecule has 0 unspecified atom stereocenters. The predicted octanol–water partition coefficient (Wildman–Crippen LogP) is 1.01. The first-order chi connectivity index (χ1) is 10.0. The molecule has 0 spiro atoms. The van der Waals surface area contributed by atoms with Crippen molar-refractivity contribution < 1.29 is 14.7 Å². The van der Waals surface area contributed by atoms with E-state index in [0.29, 0.717) is 31.4 Å². The van der Waals surface area contributed by atoms with Crippen molar-refractivity contribution in [3.63, 3.8) is 0 Å². The molecule has 1 aliphatic carbocycles. The third-order valence-electron chi connectivity index (χ3n) is 3.97. The summed E-state index contributed by atoms with van der Waals surface area (Å²) in [5.41, 5.74) is 0.412. The van der Waals surface area contributed by atoms with E-state index < -0.39 is 5.60 Å². The molecular weight excluding hydrogens is 268 g/mol. The molecule has 5 heteroatoms. The maximum absolute atomic E-state index is 12.0. The molecule has 21 heavy (non-hydrogen) atoms. The minimum atomic E-state index is -1.18. The molecule has 0 radical (unpaired) electrons. The Balaban J connectivity index is 1.86. The van der Waals surface area contributed by atoms with E-state index in [0.717, 1.165) is 18.4 Å². The van der Waals surface area contributed by atoms with Crippen LogP contribution in [-0.4, -0.2) is 36.1 Å². The Morgan fingerprint density at radius 1 is 1.29 bits per heavy atom. The highest BCUT2D eigenvalue weighted by Gasteiger charge is 2.38. The van der Waals surface area contributed by atoms with Crippen LogP contribution in [0.3, 0.4) is 0 Å². The lowest BCUT2D eigenvalue weighted by atomic mass is 10.0. The molecule has 0 saturated heterocycles. The third kappa shape index (κ3) is 3.82. The first-order valence-corrected chi connectivity index (χ1v) is 7.37. The number of aliphatic hydroxyl groups is 1. The summed E-state index contributed by atoms with van der Waals surface area (Å²) in [6, 6.07) is 7.31. The number of carbonyl (C=O) groups excluding carboxylic acids is 2. The van der Waals surface area contributed by atoms with Gasteiger partial charge in [-0.25, -0.2) is 0 Å². The van der Waals surface area contributed by atoms with E-state index in [9.17, 15) is 14.7 Å². The molecule has 2 rings (SSSR count). The molecule has 5 nitrogen and oxygen atoms in total. The Labute approximate surface area is 124 Å². The maximum atomic E-state index is 12.0. The lowest BCUT2D eigenvalue weighted by Gasteiger charge is -2.20. The zero-order valence-corrected chi connectivity index (χ0v) is 12.3. The van der Waals surface area contributed by atoms with E-state index in [1.54, 1.807) is 13.1 Å².